The first-order chi connectivity index (χ1) is 17.0. The maximum absolute atomic E-state index is 13.5. The molecule has 0 spiro atoms. The molecular weight excluding hydrogens is 460 g/mol. The van der Waals surface area contributed by atoms with E-state index in [2.05, 4.69) is 11.6 Å². The van der Waals surface area contributed by atoms with Gasteiger partial charge in [-0.2, -0.15) is 0 Å². The number of benzene rings is 2. The Balaban J connectivity index is 1.82. The molecule has 178 valence electrons. The van der Waals surface area contributed by atoms with Crippen molar-refractivity contribution in [1.82, 2.24) is 4.57 Å². The molecule has 1 aliphatic rings. The first kappa shape index (κ1) is 24.2. The third-order valence-electron chi connectivity index (χ3n) is 5.42. The van der Waals surface area contributed by atoms with Gasteiger partial charge in [-0.1, -0.05) is 78.6 Å². The fourth-order valence-electron chi connectivity index (χ4n) is 3.85. The highest BCUT2D eigenvalue weighted by molar-refractivity contribution is 7.07. The Kier molecular flexibility index (Phi) is 7.57. The lowest BCUT2D eigenvalue weighted by Gasteiger charge is -2.24. The zero-order valence-electron chi connectivity index (χ0n) is 19.6. The van der Waals surface area contributed by atoms with Crippen LogP contribution >= 0.6 is 11.3 Å². The fraction of sp³-hybridized carbons (Fsp3) is 0.179. The molecule has 1 atom stereocenters. The van der Waals surface area contributed by atoms with Gasteiger partial charge in [0.15, 0.2) is 4.80 Å². The maximum atomic E-state index is 13.5. The summed E-state index contributed by atoms with van der Waals surface area (Å²) in [5.41, 5.74) is 2.43. The van der Waals surface area contributed by atoms with Gasteiger partial charge in [0, 0.05) is 0 Å². The highest BCUT2D eigenvalue weighted by Gasteiger charge is 2.33. The van der Waals surface area contributed by atoms with Gasteiger partial charge in [-0.25, -0.2) is 9.79 Å². The van der Waals surface area contributed by atoms with Crippen molar-refractivity contribution in [3.05, 3.63) is 115 Å². The van der Waals surface area contributed by atoms with Crippen LogP contribution < -0.4 is 19.6 Å². The molecule has 0 N–H and O–H groups in total. The lowest BCUT2D eigenvalue weighted by atomic mass is 9.96. The number of carbonyl (C=O) groups excluding carboxylic acids is 1. The number of ether oxygens (including phenoxy) is 2. The van der Waals surface area contributed by atoms with Gasteiger partial charge in [0.1, 0.15) is 12.4 Å². The van der Waals surface area contributed by atoms with Crippen LogP contribution in [0.3, 0.4) is 0 Å². The van der Waals surface area contributed by atoms with Crippen molar-refractivity contribution in [2.75, 3.05) is 13.2 Å². The third kappa shape index (κ3) is 5.25. The average molecular weight is 487 g/mol. The summed E-state index contributed by atoms with van der Waals surface area (Å²) in [5, 5.41) is 0. The zero-order chi connectivity index (χ0) is 24.8. The fourth-order valence-corrected chi connectivity index (χ4v) is 4.85. The van der Waals surface area contributed by atoms with Gasteiger partial charge in [-0.05, 0) is 43.2 Å². The number of allylic oxidation sites excluding steroid dienone is 2. The Bertz CT molecular complexity index is 1460. The number of carbonyl (C=O) groups is 1. The largest absolute Gasteiger partial charge is 0.494 e. The van der Waals surface area contributed by atoms with Crippen LogP contribution in [0.15, 0.2) is 94.4 Å². The van der Waals surface area contributed by atoms with E-state index < -0.39 is 12.0 Å². The molecule has 6 nitrogen and oxygen atoms in total. The second kappa shape index (κ2) is 11.0. The van der Waals surface area contributed by atoms with Crippen molar-refractivity contribution in [2.24, 2.45) is 4.99 Å². The van der Waals surface area contributed by atoms with Crippen LogP contribution in [0.2, 0.25) is 0 Å². The van der Waals surface area contributed by atoms with Gasteiger partial charge in [0.25, 0.3) is 5.56 Å². The number of nitrogens with zero attached hydrogens (tertiary/aromatic N) is 2. The number of hydrogen-bond donors (Lipinski definition) is 0. The Morgan fingerprint density at radius 3 is 2.60 bits per heavy atom. The number of esters is 1. The molecule has 4 rings (SSSR count). The molecular formula is C28H26N2O4S. The zero-order valence-corrected chi connectivity index (χ0v) is 20.5. The summed E-state index contributed by atoms with van der Waals surface area (Å²) in [4.78, 5) is 31.7. The van der Waals surface area contributed by atoms with Crippen molar-refractivity contribution < 1.29 is 14.3 Å². The van der Waals surface area contributed by atoms with Crippen molar-refractivity contribution in [3.8, 4) is 5.75 Å². The van der Waals surface area contributed by atoms with Gasteiger partial charge in [0.2, 0.25) is 0 Å². The van der Waals surface area contributed by atoms with E-state index in [4.69, 9.17) is 9.47 Å². The summed E-state index contributed by atoms with van der Waals surface area (Å²) in [6.07, 6.45) is 7.07. The quantitative estimate of drug-likeness (QED) is 0.356. The molecule has 1 aliphatic heterocycles. The molecule has 2 heterocycles. The maximum Gasteiger partial charge on any atom is 0.338 e. The van der Waals surface area contributed by atoms with E-state index in [9.17, 15) is 9.59 Å². The van der Waals surface area contributed by atoms with Gasteiger partial charge < -0.3 is 9.47 Å². The van der Waals surface area contributed by atoms with Crippen LogP contribution in [0.25, 0.3) is 12.2 Å². The normalized spacial score (nSPS) is 15.6. The van der Waals surface area contributed by atoms with E-state index in [-0.39, 0.29) is 12.2 Å². The average Bonchev–Trinajstić information content (AvgIpc) is 3.17. The first-order valence-electron chi connectivity index (χ1n) is 11.3. The molecule has 0 amide bonds. The summed E-state index contributed by atoms with van der Waals surface area (Å²) in [6, 6.07) is 16.6. The standard InChI is InChI=1S/C28H26N2O4S/c1-4-18-34-27(32)24-19(3)29-28-30(25(24)21-14-16-22(17-15-21)33-5-2)26(31)23(35-28)13-9-12-20-10-7-6-8-11-20/h4,6-17,25H,1,5,18H2,2-3H3. The molecule has 0 bridgehead atoms. The van der Waals surface area contributed by atoms with Gasteiger partial charge >= 0.3 is 5.97 Å². The predicted octanol–water partition coefficient (Wildman–Crippen LogP) is 4.03. The van der Waals surface area contributed by atoms with E-state index in [1.807, 2.05) is 73.7 Å². The van der Waals surface area contributed by atoms with E-state index in [0.29, 0.717) is 33.0 Å². The topological polar surface area (TPSA) is 69.9 Å². The number of fused-ring (bicyclic) bond motifs is 1. The second-order valence-electron chi connectivity index (χ2n) is 7.76. The molecule has 1 aromatic heterocycles. The Hall–Kier alpha value is -3.97. The van der Waals surface area contributed by atoms with Gasteiger partial charge in [0.05, 0.1) is 28.5 Å². The van der Waals surface area contributed by atoms with Gasteiger partial charge in [-0.3, -0.25) is 9.36 Å². The summed E-state index contributed by atoms with van der Waals surface area (Å²) >= 11 is 1.29. The number of thiazole rings is 1. The SMILES string of the molecule is C=CCOC(=O)C1=C(C)N=c2sc(=CC=Cc3ccccc3)c(=O)n2C1c1ccc(OCC)cc1. The van der Waals surface area contributed by atoms with E-state index in [0.717, 1.165) is 11.1 Å². The minimum Gasteiger partial charge on any atom is -0.494 e. The van der Waals surface area contributed by atoms with Crippen molar-refractivity contribution in [3.63, 3.8) is 0 Å². The molecule has 0 saturated heterocycles. The van der Waals surface area contributed by atoms with Crippen LogP contribution in [0, 0.1) is 0 Å². The van der Waals surface area contributed by atoms with E-state index in [1.54, 1.807) is 17.6 Å². The van der Waals surface area contributed by atoms with Crippen LogP contribution in [-0.4, -0.2) is 23.8 Å². The summed E-state index contributed by atoms with van der Waals surface area (Å²) < 4.78 is 13.0. The molecule has 7 heteroatoms. The third-order valence-corrected chi connectivity index (χ3v) is 6.42. The Labute approximate surface area is 207 Å². The second-order valence-corrected chi connectivity index (χ2v) is 8.77. The molecule has 3 aromatic rings. The van der Waals surface area contributed by atoms with Crippen molar-refractivity contribution in [2.45, 2.75) is 19.9 Å². The Morgan fingerprint density at radius 1 is 1.17 bits per heavy atom. The predicted molar refractivity (Wildman–Crippen MR) is 139 cm³/mol. The van der Waals surface area contributed by atoms with Gasteiger partial charge in [-0.15, -0.1) is 0 Å². The molecule has 0 fully saturated rings. The molecule has 0 aliphatic carbocycles. The lowest BCUT2D eigenvalue weighted by molar-refractivity contribution is -0.138. The van der Waals surface area contributed by atoms with Crippen LogP contribution in [0.1, 0.15) is 31.0 Å². The Morgan fingerprint density at radius 2 is 1.91 bits per heavy atom. The van der Waals surface area contributed by atoms with Crippen molar-refractivity contribution in [1.29, 1.82) is 0 Å². The minimum absolute atomic E-state index is 0.0698. The molecule has 2 aromatic carbocycles. The number of aromatic nitrogens is 1. The number of hydrogen-bond acceptors (Lipinski definition) is 6. The van der Waals surface area contributed by atoms with Crippen LogP contribution in [0.4, 0.5) is 0 Å². The van der Waals surface area contributed by atoms with Crippen LogP contribution in [-0.2, 0) is 9.53 Å². The smallest absolute Gasteiger partial charge is 0.338 e. The van der Waals surface area contributed by atoms with Crippen molar-refractivity contribution >= 4 is 29.5 Å². The highest BCUT2D eigenvalue weighted by Crippen LogP contribution is 2.31. The molecule has 1 unspecified atom stereocenters. The highest BCUT2D eigenvalue weighted by atomic mass is 32.1. The first-order valence-corrected chi connectivity index (χ1v) is 12.1. The molecule has 0 saturated carbocycles. The summed E-state index contributed by atoms with van der Waals surface area (Å²) in [6.45, 7) is 7.90. The summed E-state index contributed by atoms with van der Waals surface area (Å²) in [5.74, 6) is 0.189. The van der Waals surface area contributed by atoms with E-state index in [1.165, 1.54) is 17.4 Å². The summed E-state index contributed by atoms with van der Waals surface area (Å²) in [7, 11) is 0. The van der Waals surface area contributed by atoms with Crippen LogP contribution in [0.5, 0.6) is 5.75 Å². The number of rotatable bonds is 8. The van der Waals surface area contributed by atoms with E-state index >= 15 is 0 Å². The minimum atomic E-state index is -0.667. The molecule has 0 radical (unpaired) electrons. The molecule has 35 heavy (non-hydrogen) atoms. The monoisotopic (exact) mass is 486 g/mol. The lowest BCUT2D eigenvalue weighted by Crippen LogP contribution is -2.39.